The highest BCUT2D eigenvalue weighted by atomic mass is 15.0. The van der Waals surface area contributed by atoms with Crippen molar-refractivity contribution in [3.8, 4) is 39.1 Å². The number of aryl methyl sites for hydroxylation is 1. The lowest BCUT2D eigenvalue weighted by atomic mass is 9.96. The van der Waals surface area contributed by atoms with Crippen LogP contribution in [0.5, 0.6) is 0 Å². The molecule has 1 nitrogen and oxygen atoms in total. The summed E-state index contributed by atoms with van der Waals surface area (Å²) in [6, 6.07) is 52.6. The fourth-order valence-electron chi connectivity index (χ4n) is 5.56. The first-order valence-electron chi connectivity index (χ1n) is 13.1. The molecule has 0 bridgehead atoms. The normalized spacial score (nSPS) is 11.3. The maximum atomic E-state index is 2.36. The zero-order valence-electron chi connectivity index (χ0n) is 21.3. The van der Waals surface area contributed by atoms with Crippen molar-refractivity contribution in [2.24, 2.45) is 0 Å². The number of fused-ring (bicyclic) bond motifs is 3. The third kappa shape index (κ3) is 3.90. The van der Waals surface area contributed by atoms with Gasteiger partial charge in [-0.05, 0) is 70.6 Å². The molecule has 38 heavy (non-hydrogen) atoms. The van der Waals surface area contributed by atoms with E-state index in [0.717, 1.165) is 0 Å². The van der Waals surface area contributed by atoms with E-state index in [1.807, 2.05) is 0 Å². The van der Waals surface area contributed by atoms with Crippen LogP contribution >= 0.6 is 0 Å². The number of aromatic nitrogens is 1. The van der Waals surface area contributed by atoms with Gasteiger partial charge in [-0.2, -0.15) is 0 Å². The lowest BCUT2D eigenvalue weighted by molar-refractivity contribution is 1.18. The van der Waals surface area contributed by atoms with Crippen molar-refractivity contribution in [2.75, 3.05) is 0 Å². The third-order valence-electron chi connectivity index (χ3n) is 7.47. The van der Waals surface area contributed by atoms with Gasteiger partial charge in [0.15, 0.2) is 0 Å². The van der Waals surface area contributed by atoms with Crippen LogP contribution in [0, 0.1) is 6.92 Å². The maximum Gasteiger partial charge on any atom is 0.0541 e. The van der Waals surface area contributed by atoms with E-state index in [1.54, 1.807) is 0 Å². The molecule has 0 aliphatic heterocycles. The van der Waals surface area contributed by atoms with Crippen molar-refractivity contribution < 1.29 is 0 Å². The Hall–Kier alpha value is -4.88. The molecule has 7 rings (SSSR count). The molecule has 1 heteroatoms. The molecular weight excluding hydrogens is 458 g/mol. The highest BCUT2D eigenvalue weighted by Gasteiger charge is 2.11. The highest BCUT2D eigenvalue weighted by Crippen LogP contribution is 2.33. The zero-order chi connectivity index (χ0) is 25.5. The van der Waals surface area contributed by atoms with Crippen molar-refractivity contribution in [1.82, 2.24) is 4.57 Å². The molecular formula is C37H27N. The summed E-state index contributed by atoms with van der Waals surface area (Å²) in [5.74, 6) is 0. The summed E-state index contributed by atoms with van der Waals surface area (Å²) in [5.41, 5.74) is 12.3. The second-order valence-corrected chi connectivity index (χ2v) is 9.94. The van der Waals surface area contributed by atoms with E-state index < -0.39 is 0 Å². The van der Waals surface area contributed by atoms with E-state index in [1.165, 1.54) is 66.4 Å². The van der Waals surface area contributed by atoms with E-state index in [4.69, 9.17) is 0 Å². The topological polar surface area (TPSA) is 4.93 Å². The van der Waals surface area contributed by atoms with Crippen LogP contribution in [0.3, 0.4) is 0 Å². The molecule has 0 saturated heterocycles. The Labute approximate surface area is 223 Å². The summed E-state index contributed by atoms with van der Waals surface area (Å²) in [4.78, 5) is 0. The second-order valence-electron chi connectivity index (χ2n) is 9.94. The second kappa shape index (κ2) is 9.21. The molecule has 1 aromatic heterocycles. The van der Waals surface area contributed by atoms with Gasteiger partial charge in [0.05, 0.1) is 11.0 Å². The van der Waals surface area contributed by atoms with Crippen LogP contribution in [-0.2, 0) is 0 Å². The predicted octanol–water partition coefficient (Wildman–Crippen LogP) is 10.1. The van der Waals surface area contributed by atoms with Gasteiger partial charge in [-0.25, -0.2) is 0 Å². The molecule has 0 atom stereocenters. The van der Waals surface area contributed by atoms with E-state index in [2.05, 4.69) is 157 Å². The van der Waals surface area contributed by atoms with Crippen molar-refractivity contribution in [3.63, 3.8) is 0 Å². The lowest BCUT2D eigenvalue weighted by Crippen LogP contribution is -1.93. The smallest absolute Gasteiger partial charge is 0.0541 e. The van der Waals surface area contributed by atoms with Crippen molar-refractivity contribution in [2.45, 2.75) is 6.92 Å². The molecule has 0 aliphatic rings. The SMILES string of the molecule is Cc1cccc(-c2ccc(-c3cccc(-c4ccc(-n5c6ccccc6c6ccccc65)cc4)c3)cc2)c1. The number of hydrogen-bond donors (Lipinski definition) is 0. The van der Waals surface area contributed by atoms with Crippen LogP contribution in [0.1, 0.15) is 5.56 Å². The Morgan fingerprint density at radius 1 is 0.368 bits per heavy atom. The van der Waals surface area contributed by atoms with Gasteiger partial charge in [0.2, 0.25) is 0 Å². The number of hydrogen-bond acceptors (Lipinski definition) is 0. The molecule has 0 saturated carbocycles. The quantitative estimate of drug-likeness (QED) is 0.234. The van der Waals surface area contributed by atoms with Gasteiger partial charge >= 0.3 is 0 Å². The first kappa shape index (κ1) is 22.3. The Morgan fingerprint density at radius 3 is 1.34 bits per heavy atom. The first-order valence-corrected chi connectivity index (χ1v) is 13.1. The third-order valence-corrected chi connectivity index (χ3v) is 7.47. The van der Waals surface area contributed by atoms with Crippen molar-refractivity contribution >= 4 is 21.8 Å². The van der Waals surface area contributed by atoms with Crippen LogP contribution < -0.4 is 0 Å². The van der Waals surface area contributed by atoms with Crippen LogP contribution in [0.4, 0.5) is 0 Å². The molecule has 0 fully saturated rings. The minimum atomic E-state index is 1.18. The van der Waals surface area contributed by atoms with Gasteiger partial charge in [0, 0.05) is 16.5 Å². The van der Waals surface area contributed by atoms with E-state index in [-0.39, 0.29) is 0 Å². The van der Waals surface area contributed by atoms with Gasteiger partial charge in [-0.1, -0.05) is 121 Å². The van der Waals surface area contributed by atoms with Gasteiger partial charge in [0.1, 0.15) is 0 Å². The molecule has 0 radical (unpaired) electrons. The lowest BCUT2D eigenvalue weighted by Gasteiger charge is -2.11. The van der Waals surface area contributed by atoms with E-state index >= 15 is 0 Å². The number of para-hydroxylation sites is 2. The number of nitrogens with zero attached hydrogens (tertiary/aromatic N) is 1. The minimum absolute atomic E-state index is 1.18. The number of benzene rings is 6. The molecule has 6 aromatic carbocycles. The standard InChI is InChI=1S/C37H27N/c1-26-8-6-9-30(24-26)27-16-18-28(19-17-27)31-10-7-11-32(25-31)29-20-22-33(23-21-29)38-36-14-4-2-12-34(36)35-13-3-5-15-37(35)38/h2-25H,1H3. The average molecular weight is 486 g/mol. The summed E-state index contributed by atoms with van der Waals surface area (Å²) in [7, 11) is 0. The van der Waals surface area contributed by atoms with Gasteiger partial charge in [-0.15, -0.1) is 0 Å². The van der Waals surface area contributed by atoms with Crippen molar-refractivity contribution in [1.29, 1.82) is 0 Å². The molecule has 0 spiro atoms. The van der Waals surface area contributed by atoms with Gasteiger partial charge in [0.25, 0.3) is 0 Å². The summed E-state index contributed by atoms with van der Waals surface area (Å²) in [6.45, 7) is 2.14. The van der Waals surface area contributed by atoms with Gasteiger partial charge in [-0.3, -0.25) is 0 Å². The fraction of sp³-hybridized carbons (Fsp3) is 0.0270. The van der Waals surface area contributed by atoms with E-state index in [0.29, 0.717) is 0 Å². The highest BCUT2D eigenvalue weighted by molar-refractivity contribution is 6.09. The minimum Gasteiger partial charge on any atom is -0.309 e. The van der Waals surface area contributed by atoms with Crippen LogP contribution in [0.15, 0.2) is 146 Å². The molecule has 0 N–H and O–H groups in total. The summed E-state index contributed by atoms with van der Waals surface area (Å²) < 4.78 is 2.36. The van der Waals surface area contributed by atoms with Crippen LogP contribution in [-0.4, -0.2) is 4.57 Å². The molecule has 0 amide bonds. The molecule has 0 unspecified atom stereocenters. The monoisotopic (exact) mass is 485 g/mol. The molecule has 1 heterocycles. The van der Waals surface area contributed by atoms with Crippen LogP contribution in [0.2, 0.25) is 0 Å². The first-order chi connectivity index (χ1) is 18.7. The Kier molecular flexibility index (Phi) is 5.41. The Bertz CT molecular complexity index is 1850. The average Bonchev–Trinajstić information content (AvgIpc) is 3.32. The largest absolute Gasteiger partial charge is 0.309 e. The van der Waals surface area contributed by atoms with Gasteiger partial charge < -0.3 is 4.57 Å². The molecule has 180 valence electrons. The predicted molar refractivity (Wildman–Crippen MR) is 162 cm³/mol. The summed E-state index contributed by atoms with van der Waals surface area (Å²) in [5, 5.41) is 2.57. The maximum absolute atomic E-state index is 2.36. The zero-order valence-corrected chi connectivity index (χ0v) is 21.3. The summed E-state index contributed by atoms with van der Waals surface area (Å²) in [6.07, 6.45) is 0. The molecule has 0 aliphatic carbocycles. The van der Waals surface area contributed by atoms with E-state index in [9.17, 15) is 0 Å². The Morgan fingerprint density at radius 2 is 0.816 bits per heavy atom. The van der Waals surface area contributed by atoms with Crippen LogP contribution in [0.25, 0.3) is 60.9 Å². The summed E-state index contributed by atoms with van der Waals surface area (Å²) >= 11 is 0. The molecule has 7 aromatic rings. The van der Waals surface area contributed by atoms with Crippen molar-refractivity contribution in [3.05, 3.63) is 151 Å². The fourth-order valence-corrected chi connectivity index (χ4v) is 5.56. The number of rotatable bonds is 4. The Balaban J connectivity index is 1.22.